The van der Waals surface area contributed by atoms with E-state index in [4.69, 9.17) is 10.3 Å². The van der Waals surface area contributed by atoms with E-state index in [0.717, 1.165) is 25.9 Å². The Kier molecular flexibility index (Phi) is 8.77. The number of hydrogen-bond acceptors (Lipinski definition) is 3. The zero-order valence-electron chi connectivity index (χ0n) is 13.3. The van der Waals surface area contributed by atoms with Gasteiger partial charge in [-0.2, -0.15) is 8.42 Å². The van der Waals surface area contributed by atoms with E-state index in [0.29, 0.717) is 17.4 Å². The molecule has 0 aromatic heterocycles. The van der Waals surface area contributed by atoms with E-state index < -0.39 is 16.0 Å². The largest absolute Gasteiger partial charge is 0.366 e. The number of carbonyl (C=O) groups excluding carboxylic acids is 1. The van der Waals surface area contributed by atoms with Gasteiger partial charge in [-0.25, -0.2) is 0 Å². The van der Waals surface area contributed by atoms with E-state index in [1.807, 2.05) is 6.92 Å². The van der Waals surface area contributed by atoms with Crippen LogP contribution < -0.4 is 5.73 Å². The molecule has 1 amide bonds. The van der Waals surface area contributed by atoms with Crippen molar-refractivity contribution >= 4 is 16.0 Å². The van der Waals surface area contributed by atoms with Gasteiger partial charge in [-0.15, -0.1) is 0 Å². The van der Waals surface area contributed by atoms with Crippen molar-refractivity contribution in [3.63, 3.8) is 0 Å². The third-order valence-electron chi connectivity index (χ3n) is 3.82. The van der Waals surface area contributed by atoms with Gasteiger partial charge in [0.25, 0.3) is 10.1 Å². The molecule has 3 N–H and O–H groups in total. The maximum absolute atomic E-state index is 11.0. The number of carbonyl (C=O) groups is 1. The lowest BCUT2D eigenvalue weighted by Crippen LogP contribution is -2.55. The highest BCUT2D eigenvalue weighted by atomic mass is 32.2. The highest BCUT2D eigenvalue weighted by Crippen LogP contribution is 2.20. The minimum absolute atomic E-state index is 0.0735. The lowest BCUT2D eigenvalue weighted by atomic mass is 10.1. The molecule has 21 heavy (non-hydrogen) atoms. The third kappa shape index (κ3) is 8.18. The molecule has 1 atom stereocenters. The fourth-order valence-electron chi connectivity index (χ4n) is 2.78. The van der Waals surface area contributed by atoms with Crippen molar-refractivity contribution in [1.29, 1.82) is 0 Å². The fraction of sp³-hybridized carbons (Fsp3) is 0.786. The molecule has 0 saturated heterocycles. The normalized spacial score (nSPS) is 14.5. The molecule has 0 aliphatic carbocycles. The highest BCUT2D eigenvalue weighted by molar-refractivity contribution is 7.85. The first kappa shape index (κ1) is 20.1. The van der Waals surface area contributed by atoms with Crippen LogP contribution in [0.5, 0.6) is 0 Å². The standard InChI is InChI=1S/C14H28N2O4S/c1-4-9-16(10-5-2,11-6-7-14(15)17)13(3)8-12-21(18,19)20/h6-7,13H,4-5,8-12H2,1-3H3,(H2-,15,17,18,19,20)/p+1. The Morgan fingerprint density at radius 1 is 1.29 bits per heavy atom. The summed E-state index contributed by atoms with van der Waals surface area (Å²) in [7, 11) is -3.95. The predicted octanol–water partition coefficient (Wildman–Crippen LogP) is 1.33. The maximum atomic E-state index is 11.0. The van der Waals surface area contributed by atoms with E-state index in [-0.39, 0.29) is 11.8 Å². The molecule has 1 unspecified atom stereocenters. The maximum Gasteiger partial charge on any atom is 0.265 e. The summed E-state index contributed by atoms with van der Waals surface area (Å²) in [5.41, 5.74) is 5.12. The van der Waals surface area contributed by atoms with Gasteiger partial charge in [0.2, 0.25) is 5.91 Å². The molecule has 0 radical (unpaired) electrons. The van der Waals surface area contributed by atoms with Crippen molar-refractivity contribution in [2.24, 2.45) is 5.73 Å². The quantitative estimate of drug-likeness (QED) is 0.341. The van der Waals surface area contributed by atoms with Gasteiger partial charge in [0, 0.05) is 12.5 Å². The predicted molar refractivity (Wildman–Crippen MR) is 84.3 cm³/mol. The number of primary amides is 1. The van der Waals surface area contributed by atoms with Gasteiger partial charge < -0.3 is 10.2 Å². The van der Waals surface area contributed by atoms with Gasteiger partial charge in [-0.1, -0.05) is 13.8 Å². The van der Waals surface area contributed by atoms with Crippen LogP contribution >= 0.6 is 0 Å². The molecular formula is C14H29N2O4S+. The molecule has 7 heteroatoms. The summed E-state index contributed by atoms with van der Waals surface area (Å²) in [6, 6.07) is 0.0735. The van der Waals surface area contributed by atoms with E-state index in [2.05, 4.69) is 13.8 Å². The minimum Gasteiger partial charge on any atom is -0.366 e. The molecule has 0 aromatic carbocycles. The second-order valence-corrected chi connectivity index (χ2v) is 7.15. The average Bonchev–Trinajstić information content (AvgIpc) is 2.35. The van der Waals surface area contributed by atoms with Gasteiger partial charge in [0.05, 0.1) is 31.4 Å². The number of amides is 1. The summed E-state index contributed by atoms with van der Waals surface area (Å²) in [5, 5.41) is 0. The molecule has 0 rings (SSSR count). The number of hydrogen-bond donors (Lipinski definition) is 2. The summed E-state index contributed by atoms with van der Waals surface area (Å²) in [6.07, 6.45) is 5.43. The Balaban J connectivity index is 5.09. The van der Waals surface area contributed by atoms with Crippen molar-refractivity contribution < 1.29 is 22.2 Å². The Hall–Kier alpha value is -0.920. The zero-order valence-corrected chi connectivity index (χ0v) is 14.1. The van der Waals surface area contributed by atoms with Gasteiger partial charge in [0.15, 0.2) is 0 Å². The molecule has 0 saturated carbocycles. The van der Waals surface area contributed by atoms with Gasteiger partial charge in [-0.3, -0.25) is 9.35 Å². The van der Waals surface area contributed by atoms with Crippen LogP contribution in [0.15, 0.2) is 12.2 Å². The third-order valence-corrected chi connectivity index (χ3v) is 4.57. The van der Waals surface area contributed by atoms with Gasteiger partial charge >= 0.3 is 0 Å². The second kappa shape index (κ2) is 9.17. The van der Waals surface area contributed by atoms with Crippen molar-refractivity contribution in [3.8, 4) is 0 Å². The average molecular weight is 321 g/mol. The van der Waals surface area contributed by atoms with Crippen molar-refractivity contribution in [2.75, 3.05) is 25.4 Å². The van der Waals surface area contributed by atoms with E-state index in [9.17, 15) is 13.2 Å². The molecule has 0 fully saturated rings. The van der Waals surface area contributed by atoms with Crippen LogP contribution in [0, 0.1) is 0 Å². The van der Waals surface area contributed by atoms with Crippen LogP contribution in [0.1, 0.15) is 40.0 Å². The van der Waals surface area contributed by atoms with Crippen molar-refractivity contribution in [3.05, 3.63) is 12.2 Å². The first-order valence-electron chi connectivity index (χ1n) is 7.43. The monoisotopic (exact) mass is 321 g/mol. The minimum atomic E-state index is -3.95. The molecule has 0 aromatic rings. The molecular weight excluding hydrogens is 292 g/mol. The smallest absolute Gasteiger partial charge is 0.265 e. The van der Waals surface area contributed by atoms with Crippen LogP contribution in [-0.2, 0) is 14.9 Å². The van der Waals surface area contributed by atoms with Crippen LogP contribution in [-0.4, -0.2) is 54.8 Å². The summed E-state index contributed by atoms with van der Waals surface area (Å²) in [4.78, 5) is 10.8. The SMILES string of the molecule is CCC[N+](CC=CC(N)=O)(CCC)C(C)CCS(=O)(=O)O. The number of quaternary nitrogens is 1. The number of nitrogens with zero attached hydrogens (tertiary/aromatic N) is 1. The summed E-state index contributed by atoms with van der Waals surface area (Å²) in [6.45, 7) is 8.57. The lowest BCUT2D eigenvalue weighted by molar-refractivity contribution is -0.944. The van der Waals surface area contributed by atoms with Gasteiger partial charge in [0.1, 0.15) is 0 Å². The summed E-state index contributed by atoms with van der Waals surface area (Å²) < 4.78 is 31.5. The molecule has 0 aliphatic heterocycles. The van der Waals surface area contributed by atoms with E-state index >= 15 is 0 Å². The summed E-state index contributed by atoms with van der Waals surface area (Å²) in [5.74, 6) is -0.715. The van der Waals surface area contributed by atoms with Crippen LogP contribution in [0.2, 0.25) is 0 Å². The number of nitrogens with two attached hydrogens (primary N) is 1. The Morgan fingerprint density at radius 2 is 1.81 bits per heavy atom. The molecule has 0 heterocycles. The Bertz CT molecular complexity index is 440. The van der Waals surface area contributed by atoms with E-state index in [1.165, 1.54) is 6.08 Å². The van der Waals surface area contributed by atoms with Crippen molar-refractivity contribution in [1.82, 2.24) is 0 Å². The molecule has 6 nitrogen and oxygen atoms in total. The lowest BCUT2D eigenvalue weighted by Gasteiger charge is -2.43. The van der Waals surface area contributed by atoms with E-state index in [1.54, 1.807) is 6.08 Å². The summed E-state index contributed by atoms with van der Waals surface area (Å²) >= 11 is 0. The molecule has 0 bridgehead atoms. The zero-order chi connectivity index (χ0) is 16.5. The molecule has 0 spiro atoms. The molecule has 124 valence electrons. The fourth-order valence-corrected chi connectivity index (χ4v) is 3.42. The van der Waals surface area contributed by atoms with Crippen molar-refractivity contribution in [2.45, 2.75) is 46.1 Å². The highest BCUT2D eigenvalue weighted by Gasteiger charge is 2.32. The van der Waals surface area contributed by atoms with Gasteiger partial charge in [-0.05, 0) is 25.8 Å². The Morgan fingerprint density at radius 3 is 2.19 bits per heavy atom. The second-order valence-electron chi connectivity index (χ2n) is 5.58. The topological polar surface area (TPSA) is 97.5 Å². The first-order chi connectivity index (χ1) is 9.67. The Labute approximate surface area is 128 Å². The number of rotatable bonds is 11. The molecule has 0 aliphatic rings. The van der Waals surface area contributed by atoms with Crippen LogP contribution in [0.3, 0.4) is 0 Å². The first-order valence-corrected chi connectivity index (χ1v) is 9.04. The van der Waals surface area contributed by atoms with Crippen LogP contribution in [0.4, 0.5) is 0 Å². The van der Waals surface area contributed by atoms with Crippen LogP contribution in [0.25, 0.3) is 0 Å².